The molecule has 1 saturated heterocycles. The zero-order chi connectivity index (χ0) is 23.4. The molecule has 1 unspecified atom stereocenters. The lowest BCUT2D eigenvalue weighted by molar-refractivity contribution is -0.137. The van der Waals surface area contributed by atoms with Gasteiger partial charge in [-0.1, -0.05) is 24.3 Å². The highest BCUT2D eigenvalue weighted by atomic mass is 32.2. The molecule has 0 spiro atoms. The summed E-state index contributed by atoms with van der Waals surface area (Å²) in [7, 11) is -3.58. The van der Waals surface area contributed by atoms with Gasteiger partial charge < -0.3 is 10.1 Å². The summed E-state index contributed by atoms with van der Waals surface area (Å²) in [6.07, 6.45) is -3.95. The molecule has 6 nitrogen and oxygen atoms in total. The molecule has 10 heteroatoms. The lowest BCUT2D eigenvalue weighted by atomic mass is 10.0. The molecule has 1 aliphatic rings. The van der Waals surface area contributed by atoms with Gasteiger partial charge in [0, 0.05) is 19.5 Å². The van der Waals surface area contributed by atoms with Crippen LogP contribution in [0.15, 0.2) is 53.4 Å². The van der Waals surface area contributed by atoms with Gasteiger partial charge >= 0.3 is 6.18 Å². The van der Waals surface area contributed by atoms with Crippen LogP contribution in [0.3, 0.4) is 0 Å². The molecule has 32 heavy (non-hydrogen) atoms. The van der Waals surface area contributed by atoms with Crippen LogP contribution in [0.1, 0.15) is 36.1 Å². The number of benzene rings is 2. The number of hydrogen-bond acceptors (Lipinski definition) is 4. The maximum atomic E-state index is 12.9. The third-order valence-electron chi connectivity index (χ3n) is 5.26. The molecular weight excluding hydrogens is 445 g/mol. The van der Waals surface area contributed by atoms with Crippen molar-refractivity contribution in [3.63, 3.8) is 0 Å². The summed E-state index contributed by atoms with van der Waals surface area (Å²) >= 11 is 0. The minimum Gasteiger partial charge on any atom is -0.379 e. The van der Waals surface area contributed by atoms with Gasteiger partial charge in [-0.15, -0.1) is 0 Å². The highest BCUT2D eigenvalue weighted by molar-refractivity contribution is 7.89. The number of carbonyl (C=O) groups is 1. The normalized spacial score (nSPS) is 16.5. The number of nitrogens with one attached hydrogen (secondary N) is 1. The van der Waals surface area contributed by atoms with Gasteiger partial charge in [0.2, 0.25) is 15.9 Å². The summed E-state index contributed by atoms with van der Waals surface area (Å²) < 4.78 is 70.5. The minimum atomic E-state index is -4.44. The summed E-state index contributed by atoms with van der Waals surface area (Å²) in [5.74, 6) is -0.306. The average molecular weight is 471 g/mol. The van der Waals surface area contributed by atoms with E-state index in [9.17, 15) is 26.4 Å². The summed E-state index contributed by atoms with van der Waals surface area (Å²) in [6, 6.07) is 10.6. The van der Waals surface area contributed by atoms with E-state index >= 15 is 0 Å². The van der Waals surface area contributed by atoms with Crippen molar-refractivity contribution in [3.05, 3.63) is 65.2 Å². The van der Waals surface area contributed by atoms with Gasteiger partial charge in [-0.2, -0.15) is 17.5 Å². The number of alkyl halides is 3. The molecule has 0 saturated carbocycles. The van der Waals surface area contributed by atoms with Gasteiger partial charge in [-0.05, 0) is 48.7 Å². The predicted molar refractivity (Wildman–Crippen MR) is 112 cm³/mol. The second kappa shape index (κ2) is 10.0. The van der Waals surface area contributed by atoms with Crippen molar-refractivity contribution in [3.8, 4) is 0 Å². The van der Waals surface area contributed by atoms with Crippen LogP contribution in [0.4, 0.5) is 13.2 Å². The van der Waals surface area contributed by atoms with Crippen LogP contribution >= 0.6 is 0 Å². The Bertz CT molecular complexity index is 1030. The lowest BCUT2D eigenvalue weighted by Gasteiger charge is -2.26. The molecule has 1 amide bonds. The highest BCUT2D eigenvalue weighted by Gasteiger charge is 2.31. The van der Waals surface area contributed by atoms with Crippen molar-refractivity contribution < 1.29 is 31.1 Å². The molecule has 1 N–H and O–H groups in total. The summed E-state index contributed by atoms with van der Waals surface area (Å²) in [5.41, 5.74) is 0.391. The fourth-order valence-corrected chi connectivity index (χ4v) is 4.81. The van der Waals surface area contributed by atoms with E-state index in [-0.39, 0.29) is 17.2 Å². The number of sulfonamides is 1. The Morgan fingerprint density at radius 1 is 1.12 bits per heavy atom. The van der Waals surface area contributed by atoms with Crippen molar-refractivity contribution in [2.24, 2.45) is 0 Å². The van der Waals surface area contributed by atoms with Crippen molar-refractivity contribution in [2.45, 2.75) is 36.9 Å². The SMILES string of the molecule is CC(NC(=O)CCc1ccc(S(=O)(=O)N2CCOCC2)cc1)c1cccc(C(F)(F)F)c1. The summed E-state index contributed by atoms with van der Waals surface area (Å²) in [5, 5.41) is 2.70. The fourth-order valence-electron chi connectivity index (χ4n) is 3.40. The zero-order valence-electron chi connectivity index (χ0n) is 17.6. The van der Waals surface area contributed by atoms with Crippen LogP contribution in [-0.2, 0) is 32.2 Å². The Morgan fingerprint density at radius 2 is 1.78 bits per heavy atom. The van der Waals surface area contributed by atoms with Crippen LogP contribution in [-0.4, -0.2) is 44.9 Å². The molecule has 174 valence electrons. The number of halogens is 3. The fraction of sp³-hybridized carbons (Fsp3) is 0.409. The Morgan fingerprint density at radius 3 is 2.41 bits per heavy atom. The van der Waals surface area contributed by atoms with Crippen molar-refractivity contribution >= 4 is 15.9 Å². The third-order valence-corrected chi connectivity index (χ3v) is 7.18. The number of aryl methyl sites for hydroxylation is 1. The number of rotatable bonds is 7. The maximum absolute atomic E-state index is 12.9. The molecule has 2 aromatic carbocycles. The number of nitrogens with zero attached hydrogens (tertiary/aromatic N) is 1. The van der Waals surface area contributed by atoms with E-state index in [1.54, 1.807) is 19.1 Å². The first-order chi connectivity index (χ1) is 15.1. The smallest absolute Gasteiger partial charge is 0.379 e. The van der Waals surface area contributed by atoms with Crippen LogP contribution < -0.4 is 5.32 Å². The molecule has 1 heterocycles. The minimum absolute atomic E-state index is 0.124. The third kappa shape index (κ3) is 6.08. The molecule has 1 atom stereocenters. The van der Waals surface area contributed by atoms with Gasteiger partial charge in [0.05, 0.1) is 29.7 Å². The topological polar surface area (TPSA) is 75.7 Å². The molecule has 1 fully saturated rings. The molecule has 1 aliphatic heterocycles. The monoisotopic (exact) mass is 470 g/mol. The first kappa shape index (κ1) is 24.2. The van der Waals surface area contributed by atoms with Crippen LogP contribution in [0.2, 0.25) is 0 Å². The maximum Gasteiger partial charge on any atom is 0.416 e. The van der Waals surface area contributed by atoms with E-state index in [0.717, 1.165) is 17.7 Å². The summed E-state index contributed by atoms with van der Waals surface area (Å²) in [4.78, 5) is 12.5. The highest BCUT2D eigenvalue weighted by Crippen LogP contribution is 2.30. The molecule has 0 aromatic heterocycles. The summed E-state index contributed by atoms with van der Waals surface area (Å²) in [6.45, 7) is 2.98. The van der Waals surface area contributed by atoms with E-state index in [2.05, 4.69) is 5.32 Å². The second-order valence-corrected chi connectivity index (χ2v) is 9.51. The quantitative estimate of drug-likeness (QED) is 0.672. The largest absolute Gasteiger partial charge is 0.416 e. The number of ether oxygens (including phenoxy) is 1. The van der Waals surface area contributed by atoms with E-state index in [4.69, 9.17) is 4.74 Å². The lowest BCUT2D eigenvalue weighted by Crippen LogP contribution is -2.40. The first-order valence-corrected chi connectivity index (χ1v) is 11.6. The van der Waals surface area contributed by atoms with Crippen LogP contribution in [0, 0.1) is 0 Å². The van der Waals surface area contributed by atoms with E-state index in [1.807, 2.05) is 0 Å². The molecular formula is C22H25F3N2O4S. The van der Waals surface area contributed by atoms with Gasteiger partial charge in [0.25, 0.3) is 0 Å². The Balaban J connectivity index is 1.55. The van der Waals surface area contributed by atoms with Gasteiger partial charge in [0.15, 0.2) is 0 Å². The molecule has 3 rings (SSSR count). The zero-order valence-corrected chi connectivity index (χ0v) is 18.4. The molecule has 0 radical (unpaired) electrons. The van der Waals surface area contributed by atoms with Crippen LogP contribution in [0.25, 0.3) is 0 Å². The van der Waals surface area contributed by atoms with E-state index in [1.165, 1.54) is 28.6 Å². The first-order valence-electron chi connectivity index (χ1n) is 10.2. The van der Waals surface area contributed by atoms with E-state index < -0.39 is 27.8 Å². The van der Waals surface area contributed by atoms with Gasteiger partial charge in [-0.3, -0.25) is 4.79 Å². The Kier molecular flexibility index (Phi) is 7.58. The number of hydrogen-bond donors (Lipinski definition) is 1. The van der Waals surface area contributed by atoms with Crippen molar-refractivity contribution in [1.29, 1.82) is 0 Å². The van der Waals surface area contributed by atoms with Gasteiger partial charge in [0.1, 0.15) is 0 Å². The van der Waals surface area contributed by atoms with Gasteiger partial charge in [-0.25, -0.2) is 8.42 Å². The second-order valence-electron chi connectivity index (χ2n) is 7.57. The number of amides is 1. The van der Waals surface area contributed by atoms with E-state index in [0.29, 0.717) is 38.3 Å². The predicted octanol–water partition coefficient (Wildman–Crippen LogP) is 3.54. The molecule has 0 bridgehead atoms. The Hall–Kier alpha value is -2.43. The number of carbonyl (C=O) groups excluding carboxylic acids is 1. The molecule has 2 aromatic rings. The Labute approximate surface area is 185 Å². The standard InChI is InChI=1S/C22H25F3N2O4S/c1-16(18-3-2-4-19(15-18)22(23,24)25)26-21(28)10-7-17-5-8-20(9-6-17)32(29,30)27-11-13-31-14-12-27/h2-6,8-9,15-16H,7,10-14H2,1H3,(H,26,28). The van der Waals surface area contributed by atoms with Crippen molar-refractivity contribution in [2.75, 3.05) is 26.3 Å². The van der Waals surface area contributed by atoms with Crippen molar-refractivity contribution in [1.82, 2.24) is 9.62 Å². The number of morpholine rings is 1. The average Bonchev–Trinajstić information content (AvgIpc) is 2.78. The van der Waals surface area contributed by atoms with Crippen LogP contribution in [0.5, 0.6) is 0 Å². The molecule has 0 aliphatic carbocycles.